The van der Waals surface area contributed by atoms with Gasteiger partial charge in [-0.05, 0) is 25.0 Å². The van der Waals surface area contributed by atoms with Gasteiger partial charge in [0.2, 0.25) is 5.91 Å². The van der Waals surface area contributed by atoms with Crippen molar-refractivity contribution in [2.45, 2.75) is 18.9 Å². The van der Waals surface area contributed by atoms with E-state index in [9.17, 15) is 14.4 Å². The number of aromatic nitrogens is 4. The molecule has 1 amide bonds. The smallest absolute Gasteiger partial charge is 0.329 e. The lowest BCUT2D eigenvalue weighted by Gasteiger charge is -2.32. The van der Waals surface area contributed by atoms with Crippen LogP contribution in [-0.2, 0) is 4.79 Å². The average Bonchev–Trinajstić information content (AvgIpc) is 2.77. The summed E-state index contributed by atoms with van der Waals surface area (Å²) in [5.41, 5.74) is 12.6. The van der Waals surface area contributed by atoms with E-state index in [0.717, 1.165) is 0 Å². The van der Waals surface area contributed by atoms with Crippen molar-refractivity contribution in [3.05, 3.63) is 51.1 Å². The van der Waals surface area contributed by atoms with Crippen molar-refractivity contribution in [1.29, 1.82) is 0 Å². The fourth-order valence-electron chi connectivity index (χ4n) is 4.19. The molecule has 1 fully saturated rings. The Morgan fingerprint density at radius 3 is 2.72 bits per heavy atom. The number of hydrogen-bond donors (Lipinski definition) is 3. The minimum Gasteiger partial charge on any atom is -0.404 e. The average molecular weight is 436 g/mol. The van der Waals surface area contributed by atoms with Crippen LogP contribution < -0.4 is 22.7 Å². The summed E-state index contributed by atoms with van der Waals surface area (Å²) < 4.78 is 1.60. The van der Waals surface area contributed by atoms with Gasteiger partial charge >= 0.3 is 5.69 Å². The summed E-state index contributed by atoms with van der Waals surface area (Å²) in [6.45, 7) is 1.39. The van der Waals surface area contributed by atoms with Gasteiger partial charge in [0, 0.05) is 50.4 Å². The molecule has 4 heterocycles. The van der Waals surface area contributed by atoms with Crippen LogP contribution in [0.5, 0.6) is 0 Å². The number of pyridine rings is 2. The van der Waals surface area contributed by atoms with Crippen LogP contribution in [0.15, 0.2) is 39.1 Å². The van der Waals surface area contributed by atoms with Crippen molar-refractivity contribution in [2.24, 2.45) is 16.5 Å². The molecule has 1 aliphatic heterocycles. The predicted molar refractivity (Wildman–Crippen MR) is 122 cm³/mol. The van der Waals surface area contributed by atoms with Gasteiger partial charge in [-0.25, -0.2) is 9.78 Å². The fourth-order valence-corrected chi connectivity index (χ4v) is 4.19. The number of nitrogens with two attached hydrogens (primary N) is 2. The highest BCUT2D eigenvalue weighted by atomic mass is 16.2. The Kier molecular flexibility index (Phi) is 5.82. The molecule has 3 aromatic heterocycles. The molecule has 5 N–H and O–H groups in total. The third-order valence-corrected chi connectivity index (χ3v) is 5.66. The zero-order valence-electron chi connectivity index (χ0n) is 17.6. The van der Waals surface area contributed by atoms with E-state index in [0.29, 0.717) is 53.7 Å². The number of nitrogens with zero attached hydrogens (tertiary/aromatic N) is 5. The Hall–Kier alpha value is -3.86. The molecule has 3 aromatic rings. The van der Waals surface area contributed by atoms with E-state index >= 15 is 0 Å². The van der Waals surface area contributed by atoms with Crippen molar-refractivity contribution in [3.8, 4) is 0 Å². The molecule has 166 valence electrons. The summed E-state index contributed by atoms with van der Waals surface area (Å²) in [5, 5.41) is 0.281. The van der Waals surface area contributed by atoms with Gasteiger partial charge in [-0.1, -0.05) is 0 Å². The van der Waals surface area contributed by atoms with Crippen LogP contribution in [0.2, 0.25) is 0 Å². The molecule has 0 aliphatic carbocycles. The number of H-pyrrole nitrogens is 1. The lowest BCUT2D eigenvalue weighted by molar-refractivity contribution is -0.119. The molecule has 1 saturated heterocycles. The molecule has 32 heavy (non-hydrogen) atoms. The van der Waals surface area contributed by atoms with Crippen LogP contribution in [0.1, 0.15) is 24.6 Å². The number of carbonyl (C=O) groups is 1. The van der Waals surface area contributed by atoms with Crippen molar-refractivity contribution in [2.75, 3.05) is 26.7 Å². The number of aromatic amines is 1. The van der Waals surface area contributed by atoms with E-state index in [1.807, 2.05) is 4.90 Å². The second-order valence-corrected chi connectivity index (χ2v) is 7.70. The standard InChI is InChI=1S/C21H24N8O3/c1-24-9-12(8-22)15-2-3-16-18(26-15)19-14(10-25-16)20(31)27-21(32)29(19)13-4-6-28(7-5-13)11-17(23)30/h2-3,8-10,13H,4-7,11,22H2,1H3,(H2,23,30)(H,27,31,32). The highest BCUT2D eigenvalue weighted by Crippen LogP contribution is 2.27. The number of amides is 1. The number of likely N-dealkylation sites (tertiary alicyclic amines) is 1. The Labute approximate surface area is 182 Å². The van der Waals surface area contributed by atoms with E-state index in [4.69, 9.17) is 16.5 Å². The number of primary amides is 1. The van der Waals surface area contributed by atoms with Gasteiger partial charge in [-0.3, -0.25) is 34.0 Å². The van der Waals surface area contributed by atoms with Crippen LogP contribution >= 0.6 is 0 Å². The molecule has 4 rings (SSSR count). The molecule has 11 nitrogen and oxygen atoms in total. The quantitative estimate of drug-likeness (QED) is 0.366. The highest BCUT2D eigenvalue weighted by molar-refractivity contribution is 6.10. The molecule has 0 unspecified atom stereocenters. The van der Waals surface area contributed by atoms with Gasteiger partial charge in [0.1, 0.15) is 5.52 Å². The Morgan fingerprint density at radius 2 is 2.06 bits per heavy atom. The number of allylic oxidation sites excluding steroid dienone is 1. The molecule has 0 radical (unpaired) electrons. The zero-order chi connectivity index (χ0) is 22.8. The number of aliphatic imine (C=N–C) groups is 1. The zero-order valence-corrected chi connectivity index (χ0v) is 17.6. The maximum atomic E-state index is 13.0. The Morgan fingerprint density at radius 1 is 1.31 bits per heavy atom. The second-order valence-electron chi connectivity index (χ2n) is 7.70. The molecule has 11 heteroatoms. The molecule has 0 saturated carbocycles. The lowest BCUT2D eigenvalue weighted by Crippen LogP contribution is -2.42. The summed E-state index contributed by atoms with van der Waals surface area (Å²) in [5.74, 6) is -0.386. The van der Waals surface area contributed by atoms with Crippen LogP contribution in [-0.4, -0.2) is 63.2 Å². The topological polar surface area (TPSA) is 165 Å². The largest absolute Gasteiger partial charge is 0.404 e. The number of piperidine rings is 1. The Balaban J connectivity index is 1.91. The van der Waals surface area contributed by atoms with Gasteiger partial charge in [0.25, 0.3) is 5.56 Å². The minimum absolute atomic E-state index is 0.177. The first kappa shape index (κ1) is 21.4. The van der Waals surface area contributed by atoms with E-state index in [-0.39, 0.29) is 23.9 Å². The predicted octanol–water partition coefficient (Wildman–Crippen LogP) is -0.245. The summed E-state index contributed by atoms with van der Waals surface area (Å²) in [6.07, 6.45) is 5.68. The van der Waals surface area contributed by atoms with Crippen LogP contribution in [0.3, 0.4) is 0 Å². The van der Waals surface area contributed by atoms with Crippen LogP contribution in [0.4, 0.5) is 0 Å². The first-order valence-corrected chi connectivity index (χ1v) is 10.2. The third kappa shape index (κ3) is 3.89. The van der Waals surface area contributed by atoms with Gasteiger partial charge in [0.15, 0.2) is 0 Å². The number of nitrogens with one attached hydrogen (secondary N) is 1. The van der Waals surface area contributed by atoms with Crippen molar-refractivity contribution in [1.82, 2.24) is 24.4 Å². The normalized spacial score (nSPS) is 16.3. The number of hydrogen-bond acceptors (Lipinski definition) is 8. The SMILES string of the molecule is CN=CC(=CN)c1ccc2ncc3c(=O)[nH]c(=O)n(C4CCN(CC(N)=O)CC4)c3c2n1. The fraction of sp³-hybridized carbons (Fsp3) is 0.333. The van der Waals surface area contributed by atoms with Crippen molar-refractivity contribution >= 4 is 39.6 Å². The molecule has 0 spiro atoms. The molecule has 0 atom stereocenters. The van der Waals surface area contributed by atoms with E-state index < -0.39 is 11.2 Å². The van der Waals surface area contributed by atoms with Crippen LogP contribution in [0, 0.1) is 0 Å². The highest BCUT2D eigenvalue weighted by Gasteiger charge is 2.25. The number of rotatable bonds is 5. The van der Waals surface area contributed by atoms with Crippen LogP contribution in [0.25, 0.3) is 27.5 Å². The summed E-state index contributed by atoms with van der Waals surface area (Å²) in [6, 6.07) is 3.36. The minimum atomic E-state index is -0.515. The third-order valence-electron chi connectivity index (χ3n) is 5.66. The summed E-state index contributed by atoms with van der Waals surface area (Å²) in [7, 11) is 1.63. The molecule has 0 aromatic carbocycles. The number of fused-ring (bicyclic) bond motifs is 3. The van der Waals surface area contributed by atoms with Gasteiger partial charge in [-0.15, -0.1) is 0 Å². The monoisotopic (exact) mass is 436 g/mol. The molecular formula is C21H24N8O3. The number of carbonyl (C=O) groups excluding carboxylic acids is 1. The van der Waals surface area contributed by atoms with Gasteiger partial charge in [-0.2, -0.15) is 0 Å². The van der Waals surface area contributed by atoms with E-state index in [1.165, 1.54) is 12.4 Å². The summed E-state index contributed by atoms with van der Waals surface area (Å²) >= 11 is 0. The summed E-state index contributed by atoms with van der Waals surface area (Å²) in [4.78, 5) is 54.2. The maximum Gasteiger partial charge on any atom is 0.329 e. The first-order valence-electron chi connectivity index (χ1n) is 10.2. The van der Waals surface area contributed by atoms with Gasteiger partial charge < -0.3 is 11.5 Å². The van der Waals surface area contributed by atoms with Gasteiger partial charge in [0.05, 0.1) is 28.7 Å². The van der Waals surface area contributed by atoms with Crippen molar-refractivity contribution < 1.29 is 4.79 Å². The molecular weight excluding hydrogens is 412 g/mol. The molecule has 1 aliphatic rings. The van der Waals surface area contributed by atoms with Crippen molar-refractivity contribution in [3.63, 3.8) is 0 Å². The maximum absolute atomic E-state index is 13.0. The van der Waals surface area contributed by atoms with E-state index in [2.05, 4.69) is 15.0 Å². The first-order chi connectivity index (χ1) is 15.4. The van der Waals surface area contributed by atoms with E-state index in [1.54, 1.807) is 30.0 Å². The Bertz CT molecular complexity index is 1360. The second kappa shape index (κ2) is 8.71. The lowest BCUT2D eigenvalue weighted by atomic mass is 10.0. The molecule has 0 bridgehead atoms.